The minimum atomic E-state index is -0.926. The van der Waals surface area contributed by atoms with Gasteiger partial charge in [-0.1, -0.05) is 6.92 Å². The third kappa shape index (κ3) is 4.29. The molecule has 9 nitrogen and oxygen atoms in total. The zero-order valence-electron chi connectivity index (χ0n) is 16.5. The molecule has 0 spiro atoms. The molecule has 0 radical (unpaired) electrons. The maximum Gasteiger partial charge on any atom is 0.509 e. The van der Waals surface area contributed by atoms with Crippen molar-refractivity contribution in [2.24, 2.45) is 0 Å². The summed E-state index contributed by atoms with van der Waals surface area (Å²) in [6.45, 7) is 3.70. The number of hydrogen-bond acceptors (Lipinski definition) is 7. The smallest absolute Gasteiger partial charge is 0.438 e. The van der Waals surface area contributed by atoms with Crippen molar-refractivity contribution >= 4 is 12.1 Å². The van der Waals surface area contributed by atoms with Gasteiger partial charge in [0.2, 0.25) is 0 Å². The summed E-state index contributed by atoms with van der Waals surface area (Å²) in [5, 5.41) is 9.93. The molecule has 154 valence electrons. The number of nitrogens with one attached hydrogen (secondary N) is 1. The number of likely N-dealkylation sites (tertiary alicyclic amines) is 1. The van der Waals surface area contributed by atoms with Gasteiger partial charge in [-0.25, -0.2) is 4.79 Å². The number of aromatic nitrogens is 2. The highest BCUT2D eigenvalue weighted by Gasteiger charge is 2.37. The van der Waals surface area contributed by atoms with Crippen LogP contribution >= 0.6 is 0 Å². The van der Waals surface area contributed by atoms with E-state index < -0.39 is 24.4 Å². The number of aliphatic hydroxyl groups is 1. The molecule has 2 unspecified atom stereocenters. The van der Waals surface area contributed by atoms with Crippen LogP contribution < -0.4 is 5.56 Å². The summed E-state index contributed by atoms with van der Waals surface area (Å²) >= 11 is 0. The lowest BCUT2D eigenvalue weighted by atomic mass is 10.0. The zero-order chi connectivity index (χ0) is 21.1. The maximum absolute atomic E-state index is 13.0. The van der Waals surface area contributed by atoms with Crippen molar-refractivity contribution in [2.45, 2.75) is 39.0 Å². The summed E-state index contributed by atoms with van der Waals surface area (Å²) < 4.78 is 9.57. The molecular weight excluding hydrogens is 378 g/mol. The first-order valence-corrected chi connectivity index (χ1v) is 9.25. The van der Waals surface area contributed by atoms with E-state index in [0.717, 1.165) is 5.56 Å². The minimum Gasteiger partial charge on any atom is -0.438 e. The first kappa shape index (κ1) is 20.5. The molecule has 2 aromatic heterocycles. The molecule has 0 aliphatic carbocycles. The molecule has 1 fully saturated rings. The van der Waals surface area contributed by atoms with E-state index in [9.17, 15) is 19.5 Å². The number of H-pyrrole nitrogens is 1. The second-order valence-electron chi connectivity index (χ2n) is 6.85. The molecule has 29 heavy (non-hydrogen) atoms. The van der Waals surface area contributed by atoms with Crippen molar-refractivity contribution in [3.05, 3.63) is 51.7 Å². The molecule has 1 amide bonds. The highest BCUT2D eigenvalue weighted by atomic mass is 16.7. The fraction of sp³-hybridized carbons (Fsp3) is 0.400. The number of hydrogen-bond donors (Lipinski definition) is 2. The van der Waals surface area contributed by atoms with E-state index >= 15 is 0 Å². The van der Waals surface area contributed by atoms with Gasteiger partial charge in [-0.05, 0) is 25.5 Å². The van der Waals surface area contributed by atoms with Crippen LogP contribution in [0.4, 0.5) is 4.79 Å². The molecule has 0 aromatic carbocycles. The monoisotopic (exact) mass is 401 g/mol. The molecular formula is C20H23N3O6. The van der Waals surface area contributed by atoms with Crippen molar-refractivity contribution in [3.8, 4) is 11.1 Å². The fourth-order valence-electron chi connectivity index (χ4n) is 3.36. The van der Waals surface area contributed by atoms with Crippen LogP contribution in [-0.4, -0.2) is 58.0 Å². The van der Waals surface area contributed by atoms with Crippen LogP contribution in [0.25, 0.3) is 11.1 Å². The van der Waals surface area contributed by atoms with Gasteiger partial charge in [-0.3, -0.25) is 19.5 Å². The van der Waals surface area contributed by atoms with Crippen LogP contribution in [0.3, 0.4) is 0 Å². The van der Waals surface area contributed by atoms with Crippen LogP contribution in [0.2, 0.25) is 0 Å². The molecule has 3 heterocycles. The Balaban J connectivity index is 1.92. The summed E-state index contributed by atoms with van der Waals surface area (Å²) in [4.78, 5) is 44.7. The SMILES string of the molecule is CCc1cc(-c2cncc(C(=O)N3CC(O)CC3OC(=O)OC)c2)c(C)[nH]c1=O. The lowest BCUT2D eigenvalue weighted by Crippen LogP contribution is -2.38. The predicted molar refractivity (Wildman–Crippen MR) is 103 cm³/mol. The van der Waals surface area contributed by atoms with Crippen molar-refractivity contribution in [1.29, 1.82) is 0 Å². The maximum atomic E-state index is 13.0. The van der Waals surface area contributed by atoms with Crippen molar-refractivity contribution in [3.63, 3.8) is 0 Å². The van der Waals surface area contributed by atoms with E-state index in [-0.39, 0.29) is 24.1 Å². The number of rotatable bonds is 4. The molecule has 9 heteroatoms. The molecule has 0 bridgehead atoms. The summed E-state index contributed by atoms with van der Waals surface area (Å²) in [6, 6.07) is 3.46. The van der Waals surface area contributed by atoms with Crippen molar-refractivity contribution in [2.75, 3.05) is 13.7 Å². The number of ether oxygens (including phenoxy) is 2. The van der Waals surface area contributed by atoms with E-state index in [1.807, 2.05) is 6.92 Å². The molecule has 1 aliphatic rings. The molecule has 3 rings (SSSR count). The van der Waals surface area contributed by atoms with E-state index in [4.69, 9.17) is 4.74 Å². The van der Waals surface area contributed by atoms with E-state index in [2.05, 4.69) is 14.7 Å². The van der Waals surface area contributed by atoms with E-state index in [1.165, 1.54) is 18.2 Å². The normalized spacial score (nSPS) is 18.6. The van der Waals surface area contributed by atoms with Crippen LogP contribution in [-0.2, 0) is 15.9 Å². The van der Waals surface area contributed by atoms with Gasteiger partial charge in [0.05, 0.1) is 25.3 Å². The van der Waals surface area contributed by atoms with Crippen molar-refractivity contribution in [1.82, 2.24) is 14.9 Å². The van der Waals surface area contributed by atoms with Crippen LogP contribution in [0.5, 0.6) is 0 Å². The predicted octanol–water partition coefficient (Wildman–Crippen LogP) is 1.62. The Morgan fingerprint density at radius 3 is 2.79 bits per heavy atom. The van der Waals surface area contributed by atoms with Gasteiger partial charge >= 0.3 is 6.16 Å². The molecule has 1 aliphatic heterocycles. The van der Waals surface area contributed by atoms with Gasteiger partial charge in [0.15, 0.2) is 6.23 Å². The Morgan fingerprint density at radius 1 is 1.34 bits per heavy atom. The number of nitrogens with zero attached hydrogens (tertiary/aromatic N) is 2. The van der Waals surface area contributed by atoms with Gasteiger partial charge < -0.3 is 19.6 Å². The largest absolute Gasteiger partial charge is 0.509 e. The number of pyridine rings is 2. The second kappa shape index (κ2) is 8.44. The molecule has 2 N–H and O–H groups in total. The Bertz CT molecular complexity index is 986. The van der Waals surface area contributed by atoms with Crippen LogP contribution in [0.1, 0.15) is 35.0 Å². The van der Waals surface area contributed by atoms with E-state index in [1.54, 1.807) is 25.3 Å². The molecule has 2 aromatic rings. The number of methoxy groups -OCH3 is 1. The van der Waals surface area contributed by atoms with Crippen LogP contribution in [0.15, 0.2) is 29.3 Å². The lowest BCUT2D eigenvalue weighted by molar-refractivity contribution is -0.0151. The Labute approximate surface area is 167 Å². The Hall–Kier alpha value is -3.20. The summed E-state index contributed by atoms with van der Waals surface area (Å²) in [6.07, 6.45) is 1.05. The first-order chi connectivity index (χ1) is 13.8. The third-order valence-corrected chi connectivity index (χ3v) is 4.88. The molecule has 2 atom stereocenters. The number of carbonyl (C=O) groups excluding carboxylic acids is 2. The van der Waals surface area contributed by atoms with Crippen molar-refractivity contribution < 1.29 is 24.2 Å². The molecule has 0 saturated carbocycles. The highest BCUT2D eigenvalue weighted by Crippen LogP contribution is 2.26. The number of amides is 1. The number of β-amino-alcohol motifs (C(OH)–C–C–N with tert-alkyl or cyclic N) is 1. The highest BCUT2D eigenvalue weighted by molar-refractivity contribution is 5.95. The average Bonchev–Trinajstić information content (AvgIpc) is 3.07. The van der Waals surface area contributed by atoms with Gasteiger partial charge in [-0.2, -0.15) is 0 Å². The minimum absolute atomic E-state index is 0.0301. The first-order valence-electron chi connectivity index (χ1n) is 9.25. The zero-order valence-corrected chi connectivity index (χ0v) is 16.5. The Morgan fingerprint density at radius 2 is 2.10 bits per heavy atom. The van der Waals surface area contributed by atoms with Crippen LogP contribution in [0, 0.1) is 6.92 Å². The van der Waals surface area contributed by atoms with Gasteiger partial charge in [0, 0.05) is 41.2 Å². The summed E-state index contributed by atoms with van der Waals surface area (Å²) in [7, 11) is 1.17. The standard InChI is InChI=1S/C20H23N3O6/c1-4-12-6-16(11(2)22-18(12)25)13-5-14(9-21-8-13)19(26)23-10-15(24)7-17(23)29-20(27)28-3/h5-6,8-9,15,17,24H,4,7,10H2,1-3H3,(H,22,25). The van der Waals surface area contributed by atoms with Gasteiger partial charge in [0.25, 0.3) is 11.5 Å². The average molecular weight is 401 g/mol. The number of aliphatic hydroxyl groups excluding tert-OH is 1. The quantitative estimate of drug-likeness (QED) is 0.747. The third-order valence-electron chi connectivity index (χ3n) is 4.88. The summed E-state index contributed by atoms with van der Waals surface area (Å²) in [5.74, 6) is -0.428. The fourth-order valence-corrected chi connectivity index (χ4v) is 3.36. The number of aromatic amines is 1. The second-order valence-corrected chi connectivity index (χ2v) is 6.85. The lowest BCUT2D eigenvalue weighted by Gasteiger charge is -2.23. The molecule has 1 saturated heterocycles. The number of carbonyl (C=O) groups is 2. The van der Waals surface area contributed by atoms with E-state index in [0.29, 0.717) is 23.2 Å². The van der Waals surface area contributed by atoms with Gasteiger partial charge in [-0.15, -0.1) is 0 Å². The summed E-state index contributed by atoms with van der Waals surface area (Å²) in [5.41, 5.74) is 2.89. The van der Waals surface area contributed by atoms with Gasteiger partial charge in [0.1, 0.15) is 0 Å². The Kier molecular flexibility index (Phi) is 5.97. The topological polar surface area (TPSA) is 122 Å². The number of aryl methyl sites for hydroxylation is 2.